The van der Waals surface area contributed by atoms with Gasteiger partial charge in [-0.3, -0.25) is 0 Å². The van der Waals surface area contributed by atoms with Gasteiger partial charge in [-0.2, -0.15) is 0 Å². The maximum atomic E-state index is 12.6. The molecule has 0 aromatic rings. The van der Waals surface area contributed by atoms with Crippen LogP contribution in [-0.2, 0) is 0 Å². The van der Waals surface area contributed by atoms with Gasteiger partial charge in [0.25, 0.3) is 0 Å². The van der Waals surface area contributed by atoms with Gasteiger partial charge in [0.05, 0.1) is 5.38 Å². The molecule has 9 heavy (non-hydrogen) atoms. The van der Waals surface area contributed by atoms with Crippen LogP contribution in [0.2, 0.25) is 0 Å². The van der Waals surface area contributed by atoms with Crippen LogP contribution < -0.4 is 0 Å². The summed E-state index contributed by atoms with van der Waals surface area (Å²) >= 11 is 5.76. The number of hydrogen-bond donors (Lipinski definition) is 0. The molecule has 0 nitrogen and oxygen atoms in total. The van der Waals surface area contributed by atoms with Crippen molar-refractivity contribution in [1.29, 1.82) is 0 Å². The highest BCUT2D eigenvalue weighted by molar-refractivity contribution is 6.22. The van der Waals surface area contributed by atoms with Gasteiger partial charge in [0, 0.05) is 0 Å². The fourth-order valence-corrected chi connectivity index (χ4v) is 1.29. The number of rotatable bonds is 0. The second kappa shape index (κ2) is 2.70. The van der Waals surface area contributed by atoms with Crippen molar-refractivity contribution < 1.29 is 4.39 Å². The lowest BCUT2D eigenvalue weighted by Gasteiger charge is -2.16. The summed E-state index contributed by atoms with van der Waals surface area (Å²) in [5.41, 5.74) is 0.739. The van der Waals surface area contributed by atoms with Crippen LogP contribution in [0.15, 0.2) is 11.4 Å². The number of halogens is 2. The van der Waals surface area contributed by atoms with Crippen molar-refractivity contribution in [2.24, 2.45) is 0 Å². The Morgan fingerprint density at radius 1 is 1.67 bits per heavy atom. The summed E-state index contributed by atoms with van der Waals surface area (Å²) < 4.78 is 12.6. The SMILES string of the molecule is CC1=C(F)CCCC1Cl. The van der Waals surface area contributed by atoms with Gasteiger partial charge in [0.2, 0.25) is 0 Å². The Balaban J connectivity index is 2.72. The van der Waals surface area contributed by atoms with Crippen molar-refractivity contribution in [1.82, 2.24) is 0 Å². The van der Waals surface area contributed by atoms with E-state index in [4.69, 9.17) is 11.6 Å². The summed E-state index contributed by atoms with van der Waals surface area (Å²) in [6, 6.07) is 0. The van der Waals surface area contributed by atoms with E-state index >= 15 is 0 Å². The molecule has 0 saturated carbocycles. The van der Waals surface area contributed by atoms with Gasteiger partial charge in [-0.15, -0.1) is 11.6 Å². The van der Waals surface area contributed by atoms with Crippen molar-refractivity contribution in [3.63, 3.8) is 0 Å². The van der Waals surface area contributed by atoms with Gasteiger partial charge in [-0.1, -0.05) is 0 Å². The maximum absolute atomic E-state index is 12.6. The minimum absolute atomic E-state index is 0.00116. The molecule has 0 aliphatic heterocycles. The van der Waals surface area contributed by atoms with Crippen LogP contribution in [0.4, 0.5) is 4.39 Å². The molecular weight excluding hydrogens is 139 g/mol. The normalized spacial score (nSPS) is 29.0. The zero-order valence-electron chi connectivity index (χ0n) is 5.45. The van der Waals surface area contributed by atoms with Crippen LogP contribution in [0.1, 0.15) is 26.2 Å². The summed E-state index contributed by atoms with van der Waals surface area (Å²) in [5, 5.41) is -0.0428. The first-order chi connectivity index (χ1) is 4.22. The molecule has 0 amide bonds. The van der Waals surface area contributed by atoms with Crippen LogP contribution in [0, 0.1) is 0 Å². The molecule has 52 valence electrons. The third-order valence-corrected chi connectivity index (χ3v) is 2.30. The molecule has 1 atom stereocenters. The topological polar surface area (TPSA) is 0 Å². The Kier molecular flexibility index (Phi) is 2.12. The van der Waals surface area contributed by atoms with Gasteiger partial charge < -0.3 is 0 Å². The first-order valence-corrected chi connectivity index (χ1v) is 3.64. The van der Waals surface area contributed by atoms with Crippen molar-refractivity contribution in [3.05, 3.63) is 11.4 Å². The third kappa shape index (κ3) is 1.45. The lowest BCUT2D eigenvalue weighted by Crippen LogP contribution is -2.07. The van der Waals surface area contributed by atoms with E-state index in [0.717, 1.165) is 18.4 Å². The standard InChI is InChI=1S/C7H10ClF/c1-5-6(8)3-2-4-7(5)9/h6H,2-4H2,1H3. The fraction of sp³-hybridized carbons (Fsp3) is 0.714. The Morgan fingerprint density at radius 2 is 2.33 bits per heavy atom. The second-order valence-corrected chi connectivity index (χ2v) is 2.97. The van der Waals surface area contributed by atoms with E-state index in [2.05, 4.69) is 0 Å². The zero-order valence-corrected chi connectivity index (χ0v) is 6.21. The Hall–Kier alpha value is -0.0400. The molecule has 1 unspecified atom stereocenters. The summed E-state index contributed by atoms with van der Waals surface area (Å²) in [6.07, 6.45) is 2.42. The molecule has 1 rings (SSSR count). The predicted octanol–water partition coefficient (Wildman–Crippen LogP) is 3.02. The highest BCUT2D eigenvalue weighted by Crippen LogP contribution is 2.28. The molecule has 0 fully saturated rings. The quantitative estimate of drug-likeness (QED) is 0.464. The molecule has 0 radical (unpaired) electrons. The van der Waals surface area contributed by atoms with Gasteiger partial charge in [-0.05, 0) is 31.8 Å². The van der Waals surface area contributed by atoms with E-state index in [1.54, 1.807) is 6.92 Å². The smallest absolute Gasteiger partial charge is 0.100 e. The molecule has 2 heteroatoms. The zero-order chi connectivity index (χ0) is 6.85. The van der Waals surface area contributed by atoms with Gasteiger partial charge in [-0.25, -0.2) is 4.39 Å². The highest BCUT2D eigenvalue weighted by Gasteiger charge is 2.16. The molecule has 0 aromatic carbocycles. The van der Waals surface area contributed by atoms with E-state index in [-0.39, 0.29) is 11.2 Å². The number of alkyl halides is 1. The van der Waals surface area contributed by atoms with E-state index in [1.165, 1.54) is 0 Å². The summed E-state index contributed by atoms with van der Waals surface area (Å²) in [4.78, 5) is 0. The van der Waals surface area contributed by atoms with Crippen LogP contribution >= 0.6 is 11.6 Å². The number of allylic oxidation sites excluding steroid dienone is 2. The maximum Gasteiger partial charge on any atom is 0.100 e. The lowest BCUT2D eigenvalue weighted by atomic mass is 9.99. The molecule has 0 N–H and O–H groups in total. The molecule has 1 aliphatic carbocycles. The van der Waals surface area contributed by atoms with Crippen molar-refractivity contribution in [2.45, 2.75) is 31.6 Å². The van der Waals surface area contributed by atoms with E-state index in [0.29, 0.717) is 6.42 Å². The minimum Gasteiger partial charge on any atom is -0.212 e. The van der Waals surface area contributed by atoms with E-state index < -0.39 is 0 Å². The molecule has 1 aliphatic rings. The first-order valence-electron chi connectivity index (χ1n) is 3.21. The largest absolute Gasteiger partial charge is 0.212 e. The second-order valence-electron chi connectivity index (χ2n) is 2.45. The molecule has 0 heterocycles. The van der Waals surface area contributed by atoms with Gasteiger partial charge in [0.1, 0.15) is 5.83 Å². The Bertz CT molecular complexity index is 140. The van der Waals surface area contributed by atoms with Gasteiger partial charge in [0.15, 0.2) is 0 Å². The average molecular weight is 149 g/mol. The van der Waals surface area contributed by atoms with Crippen molar-refractivity contribution in [3.8, 4) is 0 Å². The summed E-state index contributed by atoms with van der Waals surface area (Å²) in [7, 11) is 0. The van der Waals surface area contributed by atoms with E-state index in [1.807, 2.05) is 0 Å². The molecular formula is C7H10ClF. The summed E-state index contributed by atoms with van der Waals surface area (Å²) in [6.45, 7) is 1.77. The minimum atomic E-state index is -0.0428. The van der Waals surface area contributed by atoms with Crippen LogP contribution in [-0.4, -0.2) is 5.38 Å². The van der Waals surface area contributed by atoms with Gasteiger partial charge >= 0.3 is 0 Å². The Morgan fingerprint density at radius 3 is 2.78 bits per heavy atom. The third-order valence-electron chi connectivity index (χ3n) is 1.75. The highest BCUT2D eigenvalue weighted by atomic mass is 35.5. The van der Waals surface area contributed by atoms with Crippen molar-refractivity contribution in [2.75, 3.05) is 0 Å². The molecule has 0 bridgehead atoms. The average Bonchev–Trinajstić information content (AvgIpc) is 1.83. The lowest BCUT2D eigenvalue weighted by molar-refractivity contribution is 0.518. The molecule has 0 saturated heterocycles. The molecule has 0 spiro atoms. The molecule has 0 aromatic heterocycles. The monoisotopic (exact) mass is 148 g/mol. The Labute approximate surface area is 59.7 Å². The van der Waals surface area contributed by atoms with Crippen LogP contribution in [0.25, 0.3) is 0 Å². The first kappa shape index (κ1) is 7.07. The van der Waals surface area contributed by atoms with Crippen LogP contribution in [0.5, 0.6) is 0 Å². The van der Waals surface area contributed by atoms with E-state index in [9.17, 15) is 4.39 Å². The van der Waals surface area contributed by atoms with Crippen molar-refractivity contribution >= 4 is 11.6 Å². The predicted molar refractivity (Wildman–Crippen MR) is 37.3 cm³/mol. The van der Waals surface area contributed by atoms with Crippen LogP contribution in [0.3, 0.4) is 0 Å². The summed E-state index contributed by atoms with van der Waals surface area (Å²) in [5.74, 6) is 0.00116. The number of hydrogen-bond acceptors (Lipinski definition) is 0. The fourth-order valence-electron chi connectivity index (χ4n) is 1.02.